The first-order chi connectivity index (χ1) is 7.79. The Kier molecular flexibility index (Phi) is 6.87. The van der Waals surface area contributed by atoms with Gasteiger partial charge in [-0.15, -0.1) is 0 Å². The standard InChI is InChI=1S/C7H8N2O.C2HCl3O2/c1-9-5-3-2-4-7(9)6-8-10;3-2(4,5)1(6)7/h2-6H,1H3;(H,6,7). The van der Waals surface area contributed by atoms with Gasteiger partial charge in [-0.3, -0.25) is 0 Å². The van der Waals surface area contributed by atoms with Gasteiger partial charge in [0.1, 0.15) is 13.3 Å². The highest BCUT2D eigenvalue weighted by Gasteiger charge is 2.20. The maximum Gasteiger partial charge on any atom is 0.230 e. The summed E-state index contributed by atoms with van der Waals surface area (Å²) < 4.78 is -0.417. The molecule has 1 rings (SSSR count). The van der Waals surface area contributed by atoms with Crippen LogP contribution in [0.5, 0.6) is 0 Å². The fourth-order valence-corrected chi connectivity index (χ4v) is 0.730. The third-order valence-corrected chi connectivity index (χ3v) is 1.98. The molecule has 8 heteroatoms. The van der Waals surface area contributed by atoms with Gasteiger partial charge in [-0.1, -0.05) is 40.0 Å². The van der Waals surface area contributed by atoms with Crippen LogP contribution < -0.4 is 9.67 Å². The molecule has 0 atom stereocenters. The molecule has 0 amide bonds. The van der Waals surface area contributed by atoms with Crippen molar-refractivity contribution in [1.29, 1.82) is 0 Å². The van der Waals surface area contributed by atoms with Gasteiger partial charge >= 0.3 is 0 Å². The first-order valence-electron chi connectivity index (χ1n) is 4.19. The zero-order chi connectivity index (χ0) is 13.5. The van der Waals surface area contributed by atoms with Crippen molar-refractivity contribution in [2.75, 3.05) is 0 Å². The van der Waals surface area contributed by atoms with Crippen LogP contribution in [-0.4, -0.2) is 21.2 Å². The number of hydrogen-bond acceptors (Lipinski definition) is 4. The topological polar surface area (TPSA) is 76.6 Å². The van der Waals surface area contributed by atoms with Gasteiger partial charge in [-0.05, 0) is 6.07 Å². The fourth-order valence-electron chi connectivity index (χ4n) is 0.730. The Bertz CT molecular complexity index is 405. The molecule has 17 heavy (non-hydrogen) atoms. The summed E-state index contributed by atoms with van der Waals surface area (Å²) in [6.07, 6.45) is 3.27. The molecule has 0 aliphatic rings. The fraction of sp³-hybridized carbons (Fsp3) is 0.222. The quantitative estimate of drug-likeness (QED) is 0.268. The molecule has 0 saturated carbocycles. The van der Waals surface area contributed by atoms with E-state index >= 15 is 0 Å². The molecule has 1 N–H and O–H groups in total. The molecule has 94 valence electrons. The molecule has 0 unspecified atom stereocenters. The number of nitrogens with zero attached hydrogens (tertiary/aromatic N) is 2. The predicted octanol–water partition coefficient (Wildman–Crippen LogP) is 0.426. The minimum atomic E-state index is -2.28. The van der Waals surface area contributed by atoms with E-state index in [0.29, 0.717) is 0 Å². The highest BCUT2D eigenvalue weighted by Crippen LogP contribution is 2.24. The average molecular weight is 300 g/mol. The van der Waals surface area contributed by atoms with Gasteiger partial charge in [-0.2, -0.15) is 0 Å². The summed E-state index contributed by atoms with van der Waals surface area (Å²) in [5, 5.41) is 20.6. The first kappa shape index (κ1) is 16.0. The number of aromatic nitrogens is 1. The molecule has 1 heterocycles. The van der Waals surface area contributed by atoms with Crippen LogP contribution in [0.3, 0.4) is 0 Å². The van der Waals surface area contributed by atoms with E-state index in [1.165, 1.54) is 6.21 Å². The maximum absolute atomic E-state index is 9.51. The van der Waals surface area contributed by atoms with Gasteiger partial charge in [0.15, 0.2) is 6.20 Å². The van der Waals surface area contributed by atoms with E-state index < -0.39 is 9.76 Å². The highest BCUT2D eigenvalue weighted by atomic mass is 35.6. The third-order valence-electron chi connectivity index (χ3n) is 1.52. The number of carboxylic acids is 1. The highest BCUT2D eigenvalue weighted by molar-refractivity contribution is 6.75. The van der Waals surface area contributed by atoms with Crippen LogP contribution in [0.2, 0.25) is 0 Å². The number of aliphatic carboxylic acids is 1. The summed E-state index contributed by atoms with van der Waals surface area (Å²) in [5.41, 5.74) is 0.866. The lowest BCUT2D eigenvalue weighted by molar-refractivity contribution is -0.672. The summed E-state index contributed by atoms with van der Waals surface area (Å²) in [5.74, 6) is -1.71. The monoisotopic (exact) mass is 298 g/mol. The molecule has 0 aromatic carbocycles. The average Bonchev–Trinajstić information content (AvgIpc) is 2.21. The lowest BCUT2D eigenvalue weighted by Gasteiger charge is -2.09. The van der Waals surface area contributed by atoms with Crippen LogP contribution in [0.1, 0.15) is 5.69 Å². The van der Waals surface area contributed by atoms with Crippen LogP contribution in [0, 0.1) is 0 Å². The van der Waals surface area contributed by atoms with Crippen molar-refractivity contribution in [1.82, 2.24) is 0 Å². The molecule has 5 nitrogen and oxygen atoms in total. The van der Waals surface area contributed by atoms with Crippen molar-refractivity contribution in [2.45, 2.75) is 3.79 Å². The van der Waals surface area contributed by atoms with Crippen LogP contribution in [0.25, 0.3) is 0 Å². The zero-order valence-corrected chi connectivity index (χ0v) is 10.9. The number of carboxylic acid groups (broad SMARTS) is 1. The number of aryl methyl sites for hydroxylation is 1. The van der Waals surface area contributed by atoms with Crippen LogP contribution in [0.15, 0.2) is 29.6 Å². The van der Waals surface area contributed by atoms with Crippen molar-refractivity contribution >= 4 is 47.0 Å². The van der Waals surface area contributed by atoms with Gasteiger partial charge < -0.3 is 15.1 Å². The van der Waals surface area contributed by atoms with E-state index in [4.69, 9.17) is 40.0 Å². The summed E-state index contributed by atoms with van der Waals surface area (Å²) in [7, 11) is 1.89. The summed E-state index contributed by atoms with van der Waals surface area (Å²) in [6.45, 7) is 0. The molecule has 0 spiro atoms. The molecule has 1 aromatic heterocycles. The second kappa shape index (κ2) is 7.32. The van der Waals surface area contributed by atoms with Crippen molar-refractivity contribution in [3.8, 4) is 0 Å². The molecule has 0 aliphatic heterocycles. The molecule has 0 aliphatic carbocycles. The van der Waals surface area contributed by atoms with Crippen molar-refractivity contribution in [2.24, 2.45) is 12.2 Å². The van der Waals surface area contributed by atoms with E-state index in [1.807, 2.05) is 36.0 Å². The minimum Gasteiger partial charge on any atom is -0.545 e. The Morgan fingerprint density at radius 3 is 2.41 bits per heavy atom. The normalized spacial score (nSPS) is 10.8. The molecule has 1 aromatic rings. The molecule has 0 bridgehead atoms. The number of rotatable bonds is 1. The number of pyridine rings is 1. The van der Waals surface area contributed by atoms with Gasteiger partial charge in [0.05, 0.1) is 5.97 Å². The smallest absolute Gasteiger partial charge is 0.230 e. The van der Waals surface area contributed by atoms with E-state index in [2.05, 4.69) is 5.16 Å². The Hall–Kier alpha value is -1.04. The molecular weight excluding hydrogens is 290 g/mol. The van der Waals surface area contributed by atoms with Gasteiger partial charge in [0.2, 0.25) is 9.49 Å². The lowest BCUT2D eigenvalue weighted by atomic mass is 10.4. The minimum absolute atomic E-state index is 0.866. The maximum atomic E-state index is 9.51. The van der Waals surface area contributed by atoms with E-state index in [-0.39, 0.29) is 0 Å². The van der Waals surface area contributed by atoms with Crippen molar-refractivity contribution in [3.05, 3.63) is 30.1 Å². The summed E-state index contributed by atoms with van der Waals surface area (Å²) >= 11 is 14.2. The number of hydrogen-bond donors (Lipinski definition) is 1. The summed E-state index contributed by atoms with van der Waals surface area (Å²) in [4.78, 5) is 9.51. The van der Waals surface area contributed by atoms with Gasteiger partial charge in [0, 0.05) is 12.1 Å². The Balaban J connectivity index is 0.000000325. The SMILES string of the molecule is C[n+]1ccccc1C=NO.O=C([O-])C(Cl)(Cl)Cl. The van der Waals surface area contributed by atoms with Gasteiger partial charge in [-0.25, -0.2) is 4.57 Å². The molecule has 0 saturated heterocycles. The molecule has 0 radical (unpaired) electrons. The van der Waals surface area contributed by atoms with Crippen LogP contribution >= 0.6 is 34.8 Å². The molecule has 0 fully saturated rings. The van der Waals surface area contributed by atoms with Crippen molar-refractivity contribution in [3.63, 3.8) is 0 Å². The largest absolute Gasteiger partial charge is 0.545 e. The number of carbonyl (C=O) groups is 1. The first-order valence-corrected chi connectivity index (χ1v) is 5.32. The van der Waals surface area contributed by atoms with Crippen molar-refractivity contribution < 1.29 is 19.7 Å². The number of halogens is 3. The predicted molar refractivity (Wildman–Crippen MR) is 62.3 cm³/mol. The summed E-state index contributed by atoms with van der Waals surface area (Å²) in [6, 6.07) is 5.66. The second-order valence-corrected chi connectivity index (χ2v) is 5.05. The van der Waals surface area contributed by atoms with E-state index in [1.54, 1.807) is 0 Å². The zero-order valence-electron chi connectivity index (χ0n) is 8.68. The number of carbonyl (C=O) groups excluding carboxylic acids is 1. The van der Waals surface area contributed by atoms with E-state index in [9.17, 15) is 9.90 Å². The number of oxime groups is 1. The van der Waals surface area contributed by atoms with E-state index in [0.717, 1.165) is 5.69 Å². The van der Waals surface area contributed by atoms with Crippen LogP contribution in [-0.2, 0) is 11.8 Å². The lowest BCUT2D eigenvalue weighted by Crippen LogP contribution is -2.35. The Morgan fingerprint density at radius 2 is 2.06 bits per heavy atom. The third kappa shape index (κ3) is 6.99. The molecular formula is C9H9Cl3N2O3. The Morgan fingerprint density at radius 1 is 1.53 bits per heavy atom. The Labute approximate surface area is 113 Å². The van der Waals surface area contributed by atoms with Crippen LogP contribution in [0.4, 0.5) is 0 Å². The van der Waals surface area contributed by atoms with Gasteiger partial charge in [0.25, 0.3) is 0 Å². The number of alkyl halides is 3. The second-order valence-electron chi connectivity index (χ2n) is 2.77.